The average molecular weight is 444 g/mol. The molecule has 0 aliphatic rings. The Morgan fingerprint density at radius 1 is 1.13 bits per heavy atom. The zero-order valence-electron chi connectivity index (χ0n) is 16.5. The van der Waals surface area contributed by atoms with Crippen LogP contribution >= 0.6 is 0 Å². The van der Waals surface area contributed by atoms with Crippen LogP contribution in [0.3, 0.4) is 0 Å². The van der Waals surface area contributed by atoms with Crippen molar-refractivity contribution in [3.05, 3.63) is 42.0 Å². The minimum atomic E-state index is -4.16. The fourth-order valence-corrected chi connectivity index (χ4v) is 3.67. The van der Waals surface area contributed by atoms with E-state index in [1.54, 1.807) is 6.92 Å². The number of aliphatic hydroxyl groups excluding tert-OH is 1. The Hall–Kier alpha value is -2.92. The first-order chi connectivity index (χ1) is 13.9. The number of amides is 1. The number of aryl methyl sites for hydroxylation is 1. The summed E-state index contributed by atoms with van der Waals surface area (Å²) in [6.45, 7) is 1.80. The monoisotopic (exact) mass is 444 g/mol. The third-order valence-corrected chi connectivity index (χ3v) is 5.23. The molecule has 30 heavy (non-hydrogen) atoms. The van der Waals surface area contributed by atoms with Crippen molar-refractivity contribution in [2.45, 2.75) is 31.3 Å². The van der Waals surface area contributed by atoms with Gasteiger partial charge in [0.1, 0.15) is 16.4 Å². The lowest BCUT2D eigenvalue weighted by Crippen LogP contribution is -2.20. The molecule has 0 spiro atoms. The molecule has 0 fully saturated rings. The summed E-state index contributed by atoms with van der Waals surface area (Å²) in [5.74, 6) is -0.669. The van der Waals surface area contributed by atoms with Crippen LogP contribution in [0.15, 0.2) is 41.3 Å². The van der Waals surface area contributed by atoms with Gasteiger partial charge in [0.2, 0.25) is 5.91 Å². The summed E-state index contributed by atoms with van der Waals surface area (Å²) in [6, 6.07) is 7.89. The molecule has 0 saturated carbocycles. The topological polar surface area (TPSA) is 114 Å². The van der Waals surface area contributed by atoms with Crippen molar-refractivity contribution in [2.75, 3.05) is 23.8 Å². The van der Waals surface area contributed by atoms with E-state index in [4.69, 9.17) is 9.84 Å². The molecular formula is C19H22F2N2O6S. The van der Waals surface area contributed by atoms with E-state index in [0.717, 1.165) is 6.07 Å². The lowest BCUT2D eigenvalue weighted by molar-refractivity contribution is -0.159. The Balaban J connectivity index is 2.31. The molecule has 0 radical (unpaired) electrons. The van der Waals surface area contributed by atoms with Crippen LogP contribution < -0.4 is 19.5 Å². The highest BCUT2D eigenvalue weighted by molar-refractivity contribution is 7.92. The molecule has 0 atom stereocenters. The number of carbonyl (C=O) groups is 1. The fourth-order valence-electron chi connectivity index (χ4n) is 2.47. The number of halogens is 2. The minimum absolute atomic E-state index is 0.0160. The smallest absolute Gasteiger partial charge is 0.394 e. The highest BCUT2D eigenvalue weighted by Gasteiger charge is 2.25. The Bertz CT molecular complexity index is 1020. The summed E-state index contributed by atoms with van der Waals surface area (Å²) in [5.41, 5.74) is 0.697. The molecule has 8 nitrogen and oxygen atoms in total. The molecule has 2 rings (SSSR count). The van der Waals surface area contributed by atoms with Crippen molar-refractivity contribution >= 4 is 27.3 Å². The van der Waals surface area contributed by atoms with Crippen molar-refractivity contribution < 1.29 is 36.6 Å². The van der Waals surface area contributed by atoms with E-state index in [-0.39, 0.29) is 40.8 Å². The zero-order valence-corrected chi connectivity index (χ0v) is 17.3. The number of sulfonamides is 1. The van der Waals surface area contributed by atoms with Crippen molar-refractivity contribution in [3.63, 3.8) is 0 Å². The Morgan fingerprint density at radius 3 is 2.37 bits per heavy atom. The van der Waals surface area contributed by atoms with Crippen molar-refractivity contribution in [1.29, 1.82) is 0 Å². The van der Waals surface area contributed by atoms with Gasteiger partial charge in [-0.3, -0.25) is 9.52 Å². The molecule has 1 amide bonds. The van der Waals surface area contributed by atoms with Gasteiger partial charge in [0, 0.05) is 24.7 Å². The predicted molar refractivity (Wildman–Crippen MR) is 107 cm³/mol. The van der Waals surface area contributed by atoms with E-state index in [0.29, 0.717) is 12.5 Å². The molecule has 0 aliphatic heterocycles. The predicted octanol–water partition coefficient (Wildman–Crippen LogP) is 3.12. The number of carbonyl (C=O) groups excluding carboxylic acids is 1. The molecule has 3 N–H and O–H groups in total. The van der Waals surface area contributed by atoms with Gasteiger partial charge in [0.05, 0.1) is 25.8 Å². The Morgan fingerprint density at radius 2 is 1.77 bits per heavy atom. The van der Waals surface area contributed by atoms with E-state index in [1.807, 2.05) is 0 Å². The summed E-state index contributed by atoms with van der Waals surface area (Å²) >= 11 is 0. The molecule has 11 heteroatoms. The Labute approximate surface area is 172 Å². The summed E-state index contributed by atoms with van der Waals surface area (Å²) in [5, 5.41) is 11.3. The number of anilines is 2. The quantitative estimate of drug-likeness (QED) is 0.548. The van der Waals surface area contributed by atoms with Crippen molar-refractivity contribution in [1.82, 2.24) is 0 Å². The molecular weight excluding hydrogens is 422 g/mol. The van der Waals surface area contributed by atoms with E-state index < -0.39 is 22.0 Å². The largest absolute Gasteiger partial charge is 0.495 e. The lowest BCUT2D eigenvalue weighted by Gasteiger charge is -2.17. The van der Waals surface area contributed by atoms with Crippen LogP contribution in [0.25, 0.3) is 0 Å². The van der Waals surface area contributed by atoms with Crippen molar-refractivity contribution in [3.8, 4) is 11.5 Å². The van der Waals surface area contributed by atoms with Gasteiger partial charge in [-0.05, 0) is 30.7 Å². The molecule has 0 unspecified atom stereocenters. The zero-order chi connectivity index (χ0) is 22.5. The van der Waals surface area contributed by atoms with Gasteiger partial charge >= 0.3 is 6.11 Å². The van der Waals surface area contributed by atoms with Gasteiger partial charge in [-0.1, -0.05) is 6.07 Å². The van der Waals surface area contributed by atoms with Gasteiger partial charge < -0.3 is 19.9 Å². The first-order valence-electron chi connectivity index (χ1n) is 8.74. The van der Waals surface area contributed by atoms with E-state index in [1.165, 1.54) is 37.4 Å². The van der Waals surface area contributed by atoms with Gasteiger partial charge in [-0.25, -0.2) is 8.42 Å². The summed E-state index contributed by atoms with van der Waals surface area (Å²) < 4.78 is 63.9. The maximum absolute atomic E-state index is 13.2. The Kier molecular flexibility index (Phi) is 7.21. The number of methoxy groups -OCH3 is 1. The summed E-state index contributed by atoms with van der Waals surface area (Å²) in [6.07, 6.45) is -3.54. The molecule has 0 aliphatic carbocycles. The van der Waals surface area contributed by atoms with Crippen molar-refractivity contribution in [2.24, 2.45) is 0 Å². The second-order valence-electron chi connectivity index (χ2n) is 6.38. The average Bonchev–Trinajstić information content (AvgIpc) is 2.63. The van der Waals surface area contributed by atoms with Gasteiger partial charge in [0.25, 0.3) is 10.0 Å². The van der Waals surface area contributed by atoms with Crippen LogP contribution in [0.5, 0.6) is 11.5 Å². The van der Waals surface area contributed by atoms with Crippen LogP contribution in [0.1, 0.15) is 18.9 Å². The number of hydrogen-bond acceptors (Lipinski definition) is 6. The van der Waals surface area contributed by atoms with E-state index >= 15 is 0 Å². The number of benzene rings is 2. The maximum atomic E-state index is 13.2. The lowest BCUT2D eigenvalue weighted by atomic mass is 10.2. The highest BCUT2D eigenvalue weighted by Crippen LogP contribution is 2.32. The molecule has 2 aromatic carbocycles. The third-order valence-electron chi connectivity index (χ3n) is 3.81. The van der Waals surface area contributed by atoms with Gasteiger partial charge in [-0.15, -0.1) is 0 Å². The molecule has 0 heterocycles. The number of ether oxygens (including phenoxy) is 2. The van der Waals surface area contributed by atoms with Gasteiger partial charge in [0.15, 0.2) is 0 Å². The summed E-state index contributed by atoms with van der Waals surface area (Å²) in [7, 11) is -2.90. The van der Waals surface area contributed by atoms with Crippen LogP contribution in [0, 0.1) is 6.92 Å². The SMILES string of the molecule is COc1cc(NC(=O)CCO)ccc1S(=O)(=O)Nc1ccc(C)c(OC(C)(F)F)c1. The molecule has 164 valence electrons. The standard InChI is InChI=1S/C19H22F2N2O6S/c1-12-4-5-14(11-15(12)29-19(2,20)21)23-30(26,27)17-7-6-13(10-16(17)28-3)22-18(25)8-9-24/h4-7,10-11,23-24H,8-9H2,1-3H3,(H,22,25). The normalized spacial score (nSPS) is 11.7. The van der Waals surface area contributed by atoms with Gasteiger partial charge in [-0.2, -0.15) is 8.78 Å². The number of rotatable bonds is 9. The number of hydrogen-bond donors (Lipinski definition) is 3. The van der Waals surface area contributed by atoms with Crippen LogP contribution in [0.2, 0.25) is 0 Å². The number of nitrogens with one attached hydrogen (secondary N) is 2. The third kappa shape index (κ3) is 6.29. The minimum Gasteiger partial charge on any atom is -0.495 e. The number of alkyl halides is 2. The highest BCUT2D eigenvalue weighted by atomic mass is 32.2. The molecule has 0 aromatic heterocycles. The molecule has 0 saturated heterocycles. The van der Waals surface area contributed by atoms with Crippen LogP contribution in [-0.2, 0) is 14.8 Å². The fraction of sp³-hybridized carbons (Fsp3) is 0.316. The van der Waals surface area contributed by atoms with E-state index in [9.17, 15) is 22.0 Å². The molecule has 2 aromatic rings. The van der Waals surface area contributed by atoms with Crippen LogP contribution in [0.4, 0.5) is 20.2 Å². The first-order valence-corrected chi connectivity index (χ1v) is 10.2. The van der Waals surface area contributed by atoms with E-state index in [2.05, 4.69) is 14.8 Å². The molecule has 0 bridgehead atoms. The number of aliphatic hydroxyl groups is 1. The second kappa shape index (κ2) is 9.26. The van der Waals surface area contributed by atoms with Crippen LogP contribution in [-0.4, -0.2) is 39.3 Å². The first kappa shape index (κ1) is 23.4. The summed E-state index contributed by atoms with van der Waals surface area (Å²) in [4.78, 5) is 11.4. The second-order valence-corrected chi connectivity index (χ2v) is 8.03. The maximum Gasteiger partial charge on any atom is 0.394 e.